The topological polar surface area (TPSA) is 63.3 Å². The molecular formula is C14H17F3N4O2. The first-order valence-corrected chi connectivity index (χ1v) is 7.24. The second-order valence-electron chi connectivity index (χ2n) is 5.92. The number of aromatic nitrogens is 3. The molecule has 2 aromatic rings. The highest BCUT2D eigenvalue weighted by Crippen LogP contribution is 2.38. The average molecular weight is 330 g/mol. The molecule has 2 aromatic heterocycles. The molecular weight excluding hydrogens is 313 g/mol. The Labute approximate surface area is 129 Å². The van der Waals surface area contributed by atoms with E-state index in [0.29, 0.717) is 11.0 Å². The van der Waals surface area contributed by atoms with Gasteiger partial charge in [-0.2, -0.15) is 13.2 Å². The highest BCUT2D eigenvalue weighted by Gasteiger charge is 2.54. The lowest BCUT2D eigenvalue weighted by molar-refractivity contribution is -0.273. The number of piperidine rings is 1. The Balaban J connectivity index is 1.80. The molecule has 0 bridgehead atoms. The van der Waals surface area contributed by atoms with E-state index in [1.54, 1.807) is 30.4 Å². The van der Waals surface area contributed by atoms with E-state index in [1.807, 2.05) is 0 Å². The quantitative estimate of drug-likeness (QED) is 0.895. The first-order chi connectivity index (χ1) is 10.7. The number of imidazole rings is 1. The molecule has 6 nitrogen and oxygen atoms in total. The van der Waals surface area contributed by atoms with Crippen molar-refractivity contribution >= 4 is 11.0 Å². The lowest BCUT2D eigenvalue weighted by Gasteiger charge is -2.39. The van der Waals surface area contributed by atoms with Crippen LogP contribution in [-0.4, -0.2) is 49.0 Å². The molecule has 3 rings (SSSR count). The molecule has 0 aliphatic carbocycles. The lowest BCUT2D eigenvalue weighted by Crippen LogP contribution is -2.53. The second kappa shape index (κ2) is 5.34. The standard InChI is InChI=1S/C14H17F3N4O2/c1-19-10-2-5-18-8-11(10)21(12(19)22)9-20-6-3-13(23,4-7-20)14(15,16)17/h2,5,8,23H,3-4,6-7,9H2,1H3. The zero-order valence-electron chi connectivity index (χ0n) is 12.5. The maximum absolute atomic E-state index is 12.8. The monoisotopic (exact) mass is 330 g/mol. The predicted octanol–water partition coefficient (Wildman–Crippen LogP) is 1.08. The molecule has 3 heterocycles. The average Bonchev–Trinajstić information content (AvgIpc) is 2.74. The van der Waals surface area contributed by atoms with Gasteiger partial charge in [0.25, 0.3) is 0 Å². The number of rotatable bonds is 2. The van der Waals surface area contributed by atoms with Gasteiger partial charge in [-0.25, -0.2) is 4.79 Å². The van der Waals surface area contributed by atoms with Gasteiger partial charge in [0, 0.05) is 26.3 Å². The third-order valence-electron chi connectivity index (χ3n) is 4.50. The third-order valence-corrected chi connectivity index (χ3v) is 4.50. The Bertz CT molecular complexity index is 772. The molecule has 9 heteroatoms. The van der Waals surface area contributed by atoms with Crippen LogP contribution >= 0.6 is 0 Å². The zero-order chi connectivity index (χ0) is 16.8. The van der Waals surface area contributed by atoms with Crippen molar-refractivity contribution in [1.29, 1.82) is 0 Å². The normalized spacial score (nSPS) is 19.3. The Morgan fingerprint density at radius 1 is 1.30 bits per heavy atom. The summed E-state index contributed by atoms with van der Waals surface area (Å²) in [6, 6.07) is 1.71. The first-order valence-electron chi connectivity index (χ1n) is 7.24. The molecule has 0 unspecified atom stereocenters. The van der Waals surface area contributed by atoms with Crippen molar-refractivity contribution in [2.45, 2.75) is 31.3 Å². The Kier molecular flexibility index (Phi) is 3.72. The maximum Gasteiger partial charge on any atom is 0.417 e. The molecule has 23 heavy (non-hydrogen) atoms. The number of aryl methyl sites for hydroxylation is 1. The van der Waals surface area contributed by atoms with Crippen LogP contribution in [0.3, 0.4) is 0 Å². The summed E-state index contributed by atoms with van der Waals surface area (Å²) in [6.45, 7) is 0.313. The first kappa shape index (κ1) is 16.0. The Morgan fingerprint density at radius 3 is 2.57 bits per heavy atom. The van der Waals surface area contributed by atoms with E-state index in [9.17, 15) is 23.1 Å². The van der Waals surface area contributed by atoms with E-state index in [4.69, 9.17) is 0 Å². The molecule has 0 atom stereocenters. The van der Waals surface area contributed by atoms with Crippen molar-refractivity contribution in [2.24, 2.45) is 7.05 Å². The van der Waals surface area contributed by atoms with E-state index >= 15 is 0 Å². The van der Waals surface area contributed by atoms with Crippen LogP contribution in [0.2, 0.25) is 0 Å². The second-order valence-corrected chi connectivity index (χ2v) is 5.92. The molecule has 1 saturated heterocycles. The number of alkyl halides is 3. The number of hydrogen-bond donors (Lipinski definition) is 1. The van der Waals surface area contributed by atoms with Gasteiger partial charge in [0.1, 0.15) is 0 Å². The molecule has 0 aromatic carbocycles. The number of halogens is 3. The molecule has 0 amide bonds. The third kappa shape index (κ3) is 2.63. The molecule has 126 valence electrons. The van der Waals surface area contributed by atoms with Crippen molar-refractivity contribution in [3.05, 3.63) is 28.9 Å². The van der Waals surface area contributed by atoms with Gasteiger partial charge in [-0.1, -0.05) is 0 Å². The van der Waals surface area contributed by atoms with E-state index in [0.717, 1.165) is 0 Å². The van der Waals surface area contributed by atoms with Gasteiger partial charge in [-0.15, -0.1) is 0 Å². The summed E-state index contributed by atoms with van der Waals surface area (Å²) in [6.07, 6.45) is -2.27. The van der Waals surface area contributed by atoms with Crippen LogP contribution in [-0.2, 0) is 13.7 Å². The minimum atomic E-state index is -4.63. The summed E-state index contributed by atoms with van der Waals surface area (Å²) >= 11 is 0. The summed E-state index contributed by atoms with van der Waals surface area (Å²) in [5.41, 5.74) is -1.52. The largest absolute Gasteiger partial charge is 0.417 e. The van der Waals surface area contributed by atoms with Gasteiger partial charge >= 0.3 is 11.9 Å². The van der Waals surface area contributed by atoms with Crippen LogP contribution < -0.4 is 5.69 Å². The van der Waals surface area contributed by atoms with Crippen LogP contribution in [0.25, 0.3) is 11.0 Å². The maximum atomic E-state index is 12.8. The van der Waals surface area contributed by atoms with Crippen molar-refractivity contribution < 1.29 is 18.3 Å². The number of pyridine rings is 1. The van der Waals surface area contributed by atoms with Crippen LogP contribution in [0.4, 0.5) is 13.2 Å². The van der Waals surface area contributed by atoms with Gasteiger partial charge in [0.05, 0.1) is 23.9 Å². The fourth-order valence-electron chi connectivity index (χ4n) is 2.94. The number of aliphatic hydroxyl groups is 1. The Morgan fingerprint density at radius 2 is 1.96 bits per heavy atom. The highest BCUT2D eigenvalue weighted by molar-refractivity contribution is 5.74. The van der Waals surface area contributed by atoms with Gasteiger partial charge in [0.15, 0.2) is 5.60 Å². The minimum absolute atomic E-state index is 0.0686. The number of hydrogen-bond acceptors (Lipinski definition) is 4. The fourth-order valence-corrected chi connectivity index (χ4v) is 2.94. The van der Waals surface area contributed by atoms with Crippen LogP contribution in [0.15, 0.2) is 23.3 Å². The van der Waals surface area contributed by atoms with Crippen LogP contribution in [0, 0.1) is 0 Å². The number of likely N-dealkylation sites (tertiary alicyclic amines) is 1. The molecule has 1 aliphatic heterocycles. The zero-order valence-corrected chi connectivity index (χ0v) is 12.5. The van der Waals surface area contributed by atoms with Crippen molar-refractivity contribution in [3.63, 3.8) is 0 Å². The SMILES string of the molecule is Cn1c(=O)n(CN2CCC(O)(C(F)(F)F)CC2)c2cnccc21. The van der Waals surface area contributed by atoms with E-state index < -0.39 is 24.6 Å². The van der Waals surface area contributed by atoms with Crippen molar-refractivity contribution in [2.75, 3.05) is 13.1 Å². The van der Waals surface area contributed by atoms with Crippen LogP contribution in [0.1, 0.15) is 12.8 Å². The van der Waals surface area contributed by atoms with Gasteiger partial charge < -0.3 is 5.11 Å². The number of fused-ring (bicyclic) bond motifs is 1. The van der Waals surface area contributed by atoms with E-state index in [2.05, 4.69) is 4.98 Å². The Hall–Kier alpha value is -1.87. The molecule has 1 aliphatic rings. The number of nitrogens with zero attached hydrogens (tertiary/aromatic N) is 4. The van der Waals surface area contributed by atoms with Crippen molar-refractivity contribution in [3.8, 4) is 0 Å². The fraction of sp³-hybridized carbons (Fsp3) is 0.571. The van der Waals surface area contributed by atoms with Gasteiger partial charge in [0.2, 0.25) is 0 Å². The summed E-state index contributed by atoms with van der Waals surface area (Å²) in [5, 5.41) is 9.69. The van der Waals surface area contributed by atoms with Gasteiger partial charge in [-0.05, 0) is 18.9 Å². The molecule has 1 fully saturated rings. The molecule has 0 spiro atoms. The van der Waals surface area contributed by atoms with E-state index in [1.165, 1.54) is 9.13 Å². The minimum Gasteiger partial charge on any atom is -0.380 e. The molecule has 1 N–H and O–H groups in total. The summed E-state index contributed by atoms with van der Waals surface area (Å²) < 4.78 is 41.4. The predicted molar refractivity (Wildman–Crippen MR) is 76.8 cm³/mol. The smallest absolute Gasteiger partial charge is 0.380 e. The molecule has 0 saturated carbocycles. The summed E-state index contributed by atoms with van der Waals surface area (Å²) in [4.78, 5) is 18.0. The van der Waals surface area contributed by atoms with Crippen molar-refractivity contribution in [1.82, 2.24) is 19.0 Å². The summed E-state index contributed by atoms with van der Waals surface area (Å²) in [5.74, 6) is 0. The summed E-state index contributed by atoms with van der Waals surface area (Å²) in [7, 11) is 1.64. The van der Waals surface area contributed by atoms with Gasteiger partial charge in [-0.3, -0.25) is 19.0 Å². The highest BCUT2D eigenvalue weighted by atomic mass is 19.4. The lowest BCUT2D eigenvalue weighted by atomic mass is 9.91. The van der Waals surface area contributed by atoms with E-state index in [-0.39, 0.29) is 25.4 Å². The van der Waals surface area contributed by atoms with Crippen LogP contribution in [0.5, 0.6) is 0 Å². The molecule has 0 radical (unpaired) electrons.